The van der Waals surface area contributed by atoms with Crippen molar-refractivity contribution in [1.82, 2.24) is 14.8 Å². The average molecular weight is 388 g/mol. The Hall–Kier alpha value is -2.86. The van der Waals surface area contributed by atoms with E-state index in [4.69, 9.17) is 5.10 Å². The zero-order valence-corrected chi connectivity index (χ0v) is 16.2. The molecule has 0 bridgehead atoms. The second kappa shape index (κ2) is 7.52. The first-order chi connectivity index (χ1) is 14.2. The highest BCUT2D eigenvalue weighted by Crippen LogP contribution is 2.39. The molecule has 2 aromatic heterocycles. The van der Waals surface area contributed by atoms with Gasteiger partial charge in [0.05, 0.1) is 12.1 Å². The van der Waals surface area contributed by atoms with E-state index in [1.807, 2.05) is 22.9 Å². The maximum atomic E-state index is 11.1. The predicted octanol–water partition coefficient (Wildman–Crippen LogP) is 4.84. The maximum Gasteiger partial charge on any atom is 0.117 e. The minimum Gasteiger partial charge on any atom is -0.393 e. The summed E-state index contributed by atoms with van der Waals surface area (Å²) in [6.45, 7) is 0. The Bertz CT molecular complexity index is 1030. The normalized spacial score (nSPS) is 23.7. The van der Waals surface area contributed by atoms with Crippen LogP contribution < -0.4 is 0 Å². The van der Waals surface area contributed by atoms with E-state index in [1.54, 1.807) is 12.4 Å². The molecule has 1 unspecified atom stereocenters. The summed E-state index contributed by atoms with van der Waals surface area (Å²) in [6.07, 6.45) is 10.8. The van der Waals surface area contributed by atoms with Crippen LogP contribution in [0.15, 0.2) is 54.1 Å². The third kappa shape index (κ3) is 3.38. The molecule has 0 radical (unpaired) electrons. The summed E-state index contributed by atoms with van der Waals surface area (Å²) in [4.78, 5) is 15.2. The standard InChI is InChI=1S/C23H24N4O2/c28-19-3-1-2-18(13-19)27-14-21(23(25-27)15-8-10-24-11-9-15)17-4-6-20-16(12-17)5-7-22(20)26-29/h4,6,8-12,14,18-19,22,28H,1-3,5,7,13H2/t18-,19-,22?/m1/s1. The van der Waals surface area contributed by atoms with Gasteiger partial charge in [-0.1, -0.05) is 23.4 Å². The Morgan fingerprint density at radius 3 is 2.72 bits per heavy atom. The number of rotatable bonds is 4. The molecule has 2 heterocycles. The van der Waals surface area contributed by atoms with Crippen molar-refractivity contribution in [3.63, 3.8) is 0 Å². The number of hydrogen-bond acceptors (Lipinski definition) is 5. The number of aryl methyl sites for hydroxylation is 1. The summed E-state index contributed by atoms with van der Waals surface area (Å²) < 4.78 is 2.04. The van der Waals surface area contributed by atoms with Crippen molar-refractivity contribution in [2.45, 2.75) is 56.7 Å². The minimum atomic E-state index is -0.251. The number of pyridine rings is 1. The van der Waals surface area contributed by atoms with Crippen LogP contribution in [-0.4, -0.2) is 26.0 Å². The molecule has 6 nitrogen and oxygen atoms in total. The minimum absolute atomic E-state index is 0.214. The molecule has 0 amide bonds. The molecule has 6 heteroatoms. The summed E-state index contributed by atoms with van der Waals surface area (Å²) in [7, 11) is 0. The highest BCUT2D eigenvalue weighted by atomic mass is 16.3. The monoisotopic (exact) mass is 388 g/mol. The number of nitrogens with zero attached hydrogens (tertiary/aromatic N) is 4. The lowest BCUT2D eigenvalue weighted by molar-refractivity contribution is 0.100. The summed E-state index contributed by atoms with van der Waals surface area (Å²) in [6, 6.07) is 10.3. The lowest BCUT2D eigenvalue weighted by Gasteiger charge is -2.26. The Balaban J connectivity index is 1.59. The van der Waals surface area contributed by atoms with Gasteiger partial charge >= 0.3 is 0 Å². The van der Waals surface area contributed by atoms with E-state index in [2.05, 4.69) is 28.5 Å². The van der Waals surface area contributed by atoms with Crippen molar-refractivity contribution in [3.05, 3.63) is 65.0 Å². The van der Waals surface area contributed by atoms with Crippen LogP contribution in [0.5, 0.6) is 0 Å². The van der Waals surface area contributed by atoms with E-state index in [-0.39, 0.29) is 18.2 Å². The molecule has 29 heavy (non-hydrogen) atoms. The highest BCUT2D eigenvalue weighted by Gasteiger charge is 2.26. The number of benzene rings is 1. The third-order valence-electron chi connectivity index (χ3n) is 6.31. The lowest BCUT2D eigenvalue weighted by atomic mass is 9.93. The molecule has 0 saturated heterocycles. The van der Waals surface area contributed by atoms with Crippen molar-refractivity contribution in [2.24, 2.45) is 5.18 Å². The summed E-state index contributed by atoms with van der Waals surface area (Å²) in [5.41, 5.74) is 6.38. The molecular weight excluding hydrogens is 364 g/mol. The van der Waals surface area contributed by atoms with Crippen LogP contribution in [0.1, 0.15) is 55.3 Å². The van der Waals surface area contributed by atoms with Gasteiger partial charge in [0.25, 0.3) is 0 Å². The molecule has 1 fully saturated rings. The fraction of sp³-hybridized carbons (Fsp3) is 0.391. The largest absolute Gasteiger partial charge is 0.393 e. The number of aliphatic hydroxyl groups excluding tert-OH is 1. The van der Waals surface area contributed by atoms with Crippen LogP contribution in [0.25, 0.3) is 22.4 Å². The van der Waals surface area contributed by atoms with E-state index < -0.39 is 0 Å². The second-order valence-corrected chi connectivity index (χ2v) is 8.16. The molecular formula is C23H24N4O2. The molecule has 1 N–H and O–H groups in total. The number of hydrogen-bond donors (Lipinski definition) is 1. The zero-order valence-electron chi connectivity index (χ0n) is 16.2. The van der Waals surface area contributed by atoms with Crippen molar-refractivity contribution < 1.29 is 5.11 Å². The molecule has 148 valence electrons. The summed E-state index contributed by atoms with van der Waals surface area (Å²) in [5.74, 6) is 0. The molecule has 1 aromatic carbocycles. The van der Waals surface area contributed by atoms with Crippen molar-refractivity contribution in [3.8, 4) is 22.4 Å². The SMILES string of the molecule is O=NC1CCc2cc(-c3cn([C@@H]4CCC[C@@H](O)C4)nc3-c3ccncc3)ccc21. The van der Waals surface area contributed by atoms with Gasteiger partial charge in [0, 0.05) is 29.7 Å². The lowest BCUT2D eigenvalue weighted by Crippen LogP contribution is -2.22. The number of aliphatic hydroxyl groups is 1. The molecule has 5 rings (SSSR count). The van der Waals surface area contributed by atoms with E-state index in [0.29, 0.717) is 0 Å². The quantitative estimate of drug-likeness (QED) is 0.649. The van der Waals surface area contributed by atoms with Crippen LogP contribution >= 0.6 is 0 Å². The molecule has 0 aliphatic heterocycles. The Labute approximate surface area is 169 Å². The fourth-order valence-electron chi connectivity index (χ4n) is 4.76. The van der Waals surface area contributed by atoms with Crippen LogP contribution in [0, 0.1) is 4.91 Å². The van der Waals surface area contributed by atoms with E-state index in [0.717, 1.165) is 66.5 Å². The predicted molar refractivity (Wildman–Crippen MR) is 111 cm³/mol. The van der Waals surface area contributed by atoms with Gasteiger partial charge in [-0.05, 0) is 67.3 Å². The van der Waals surface area contributed by atoms with Gasteiger partial charge in [0.2, 0.25) is 0 Å². The van der Waals surface area contributed by atoms with Crippen LogP contribution in [0.4, 0.5) is 0 Å². The number of aromatic nitrogens is 3. The Morgan fingerprint density at radius 2 is 1.93 bits per heavy atom. The molecule has 0 spiro atoms. The van der Waals surface area contributed by atoms with Crippen molar-refractivity contribution >= 4 is 0 Å². The van der Waals surface area contributed by atoms with E-state index in [1.165, 1.54) is 5.56 Å². The van der Waals surface area contributed by atoms with Gasteiger partial charge in [-0.3, -0.25) is 9.67 Å². The number of fused-ring (bicyclic) bond motifs is 1. The van der Waals surface area contributed by atoms with Gasteiger partial charge < -0.3 is 5.11 Å². The summed E-state index contributed by atoms with van der Waals surface area (Å²) >= 11 is 0. The number of nitroso groups, excluding NO2 is 1. The Morgan fingerprint density at radius 1 is 1.07 bits per heavy atom. The van der Waals surface area contributed by atoms with E-state index >= 15 is 0 Å². The molecule has 3 aromatic rings. The fourth-order valence-corrected chi connectivity index (χ4v) is 4.76. The third-order valence-corrected chi connectivity index (χ3v) is 6.31. The van der Waals surface area contributed by atoms with Gasteiger partial charge in [-0.2, -0.15) is 10.0 Å². The molecule has 3 atom stereocenters. The van der Waals surface area contributed by atoms with Crippen LogP contribution in [-0.2, 0) is 6.42 Å². The zero-order chi connectivity index (χ0) is 19.8. The first kappa shape index (κ1) is 18.2. The highest BCUT2D eigenvalue weighted by molar-refractivity contribution is 5.80. The Kier molecular flexibility index (Phi) is 4.72. The molecule has 2 aliphatic carbocycles. The van der Waals surface area contributed by atoms with Gasteiger partial charge in [0.15, 0.2) is 0 Å². The topological polar surface area (TPSA) is 80.4 Å². The van der Waals surface area contributed by atoms with Crippen LogP contribution in [0.3, 0.4) is 0 Å². The maximum absolute atomic E-state index is 11.1. The molecule has 1 saturated carbocycles. The summed E-state index contributed by atoms with van der Waals surface area (Å²) in [5, 5.41) is 18.3. The second-order valence-electron chi connectivity index (χ2n) is 8.16. The first-order valence-electron chi connectivity index (χ1n) is 10.4. The van der Waals surface area contributed by atoms with Gasteiger partial charge in [0.1, 0.15) is 11.7 Å². The van der Waals surface area contributed by atoms with Gasteiger partial charge in [-0.25, -0.2) is 0 Å². The average Bonchev–Trinajstić information content (AvgIpc) is 3.38. The van der Waals surface area contributed by atoms with Gasteiger partial charge in [-0.15, -0.1) is 0 Å². The van der Waals surface area contributed by atoms with Crippen molar-refractivity contribution in [2.75, 3.05) is 0 Å². The van der Waals surface area contributed by atoms with Crippen molar-refractivity contribution in [1.29, 1.82) is 0 Å². The van der Waals surface area contributed by atoms with E-state index in [9.17, 15) is 10.0 Å². The smallest absolute Gasteiger partial charge is 0.117 e. The van der Waals surface area contributed by atoms with Crippen LogP contribution in [0.2, 0.25) is 0 Å². The first-order valence-corrected chi connectivity index (χ1v) is 10.4. The molecule has 2 aliphatic rings.